The van der Waals surface area contributed by atoms with E-state index in [-0.39, 0.29) is 17.9 Å². The molecular weight excluding hydrogens is 464 g/mol. The third kappa shape index (κ3) is 7.01. The van der Waals surface area contributed by atoms with Crippen molar-refractivity contribution in [3.8, 4) is 11.1 Å². The van der Waals surface area contributed by atoms with Gasteiger partial charge in [-0.15, -0.1) is 0 Å². The molecule has 0 aliphatic heterocycles. The van der Waals surface area contributed by atoms with Crippen LogP contribution in [0.5, 0.6) is 0 Å². The van der Waals surface area contributed by atoms with E-state index >= 15 is 0 Å². The summed E-state index contributed by atoms with van der Waals surface area (Å²) in [5.74, 6) is -0.985. The summed E-state index contributed by atoms with van der Waals surface area (Å²) in [6, 6.07) is 15.3. The number of hydrogen-bond donors (Lipinski definition) is 2. The Kier molecular flexibility index (Phi) is 8.83. The normalized spacial score (nSPS) is 13.5. The Hall–Kier alpha value is -3.00. The van der Waals surface area contributed by atoms with E-state index in [4.69, 9.17) is 4.74 Å². The Balaban J connectivity index is 1.72. The van der Waals surface area contributed by atoms with Crippen molar-refractivity contribution in [2.75, 3.05) is 31.7 Å². The van der Waals surface area contributed by atoms with Gasteiger partial charge < -0.3 is 20.1 Å². The van der Waals surface area contributed by atoms with Crippen molar-refractivity contribution >= 4 is 29.7 Å². The molecule has 2 N–H and O–H groups in total. The second kappa shape index (κ2) is 11.6. The summed E-state index contributed by atoms with van der Waals surface area (Å²) in [5, 5.41) is 12.0. The van der Waals surface area contributed by atoms with Crippen LogP contribution in [0.4, 0.5) is 4.79 Å². The fraction of sp³-hybridized carbons (Fsp3) is 0.444. The molecule has 8 heteroatoms. The number of carbonyl (C=O) groups excluding carboxylic acids is 2. The van der Waals surface area contributed by atoms with Crippen LogP contribution in [0.25, 0.3) is 11.1 Å². The number of hydrogen-bond acceptors (Lipinski definition) is 5. The van der Waals surface area contributed by atoms with E-state index in [9.17, 15) is 19.5 Å². The van der Waals surface area contributed by atoms with Gasteiger partial charge in [-0.05, 0) is 40.3 Å². The number of fused-ring (bicyclic) bond motifs is 3. The number of amides is 2. The average molecular weight is 499 g/mol. The Morgan fingerprint density at radius 1 is 1.06 bits per heavy atom. The number of alkyl carbamates (subject to hydrolysis) is 1. The first-order valence-corrected chi connectivity index (χ1v) is 13.1. The highest BCUT2D eigenvalue weighted by Crippen LogP contribution is 2.44. The van der Waals surface area contributed by atoms with Crippen molar-refractivity contribution in [3.63, 3.8) is 0 Å². The van der Waals surface area contributed by atoms with Crippen molar-refractivity contribution in [1.29, 1.82) is 0 Å². The monoisotopic (exact) mass is 498 g/mol. The van der Waals surface area contributed by atoms with Gasteiger partial charge >= 0.3 is 12.1 Å². The molecule has 2 aromatic carbocycles. The standard InChI is InChI=1S/C27H34N2O5S/c1-27(2,3)15-23(25(32)29(13-14-35-4)16-24(30)31)28-26(33)34-17-22-20-11-7-5-9-18(20)19-10-6-8-12-21(19)22/h5-12,22-23H,13-17H2,1-4H3,(H,28,33)(H,30,31). The van der Waals surface area contributed by atoms with Gasteiger partial charge in [0.15, 0.2) is 0 Å². The Labute approximate surface area is 211 Å². The van der Waals surface area contributed by atoms with Crippen LogP contribution in [0, 0.1) is 5.41 Å². The molecule has 0 heterocycles. The lowest BCUT2D eigenvalue weighted by Gasteiger charge is -2.30. The first-order valence-electron chi connectivity index (χ1n) is 11.7. The molecule has 3 rings (SSSR count). The van der Waals surface area contributed by atoms with E-state index in [1.807, 2.05) is 63.4 Å². The molecule has 188 valence electrons. The topological polar surface area (TPSA) is 95.9 Å². The maximum Gasteiger partial charge on any atom is 0.407 e. The molecular formula is C27H34N2O5S. The maximum absolute atomic E-state index is 13.3. The third-order valence-electron chi connectivity index (χ3n) is 5.95. The van der Waals surface area contributed by atoms with E-state index in [0.29, 0.717) is 18.7 Å². The first-order chi connectivity index (χ1) is 16.6. The molecule has 1 aliphatic rings. The van der Waals surface area contributed by atoms with Gasteiger partial charge in [0, 0.05) is 18.2 Å². The number of carboxylic acid groups (broad SMARTS) is 1. The molecule has 0 saturated heterocycles. The number of carbonyl (C=O) groups is 3. The summed E-state index contributed by atoms with van der Waals surface area (Å²) in [5.41, 5.74) is 4.21. The van der Waals surface area contributed by atoms with E-state index in [2.05, 4.69) is 17.4 Å². The van der Waals surface area contributed by atoms with Crippen LogP contribution >= 0.6 is 11.8 Å². The lowest BCUT2D eigenvalue weighted by molar-refractivity contribution is -0.145. The lowest BCUT2D eigenvalue weighted by atomic mass is 9.87. The number of nitrogens with one attached hydrogen (secondary N) is 1. The van der Waals surface area contributed by atoms with Crippen LogP contribution < -0.4 is 5.32 Å². The van der Waals surface area contributed by atoms with Gasteiger partial charge in [-0.3, -0.25) is 9.59 Å². The van der Waals surface area contributed by atoms with Gasteiger partial charge in [0.1, 0.15) is 19.2 Å². The number of thioether (sulfide) groups is 1. The lowest BCUT2D eigenvalue weighted by Crippen LogP contribution is -2.52. The van der Waals surface area contributed by atoms with Gasteiger partial charge in [0.05, 0.1) is 0 Å². The fourth-order valence-corrected chi connectivity index (χ4v) is 4.85. The second-order valence-corrected chi connectivity index (χ2v) is 10.9. The van der Waals surface area contributed by atoms with E-state index in [1.165, 1.54) is 16.7 Å². The summed E-state index contributed by atoms with van der Waals surface area (Å²) < 4.78 is 5.64. The first kappa shape index (κ1) is 26.6. The van der Waals surface area contributed by atoms with Crippen LogP contribution in [0.2, 0.25) is 0 Å². The highest BCUT2D eigenvalue weighted by molar-refractivity contribution is 7.98. The number of carboxylic acids is 1. The summed E-state index contributed by atoms with van der Waals surface area (Å²) in [7, 11) is 0. The average Bonchev–Trinajstić information content (AvgIpc) is 3.12. The zero-order chi connectivity index (χ0) is 25.6. The van der Waals surface area contributed by atoms with Crippen LogP contribution in [-0.4, -0.2) is 65.7 Å². The quantitative estimate of drug-likeness (QED) is 0.497. The Bertz CT molecular complexity index is 1020. The van der Waals surface area contributed by atoms with Crippen molar-refractivity contribution in [2.24, 2.45) is 5.41 Å². The minimum atomic E-state index is -1.09. The number of nitrogens with zero attached hydrogens (tertiary/aromatic N) is 1. The van der Waals surface area contributed by atoms with Crippen LogP contribution in [-0.2, 0) is 14.3 Å². The predicted molar refractivity (Wildman–Crippen MR) is 139 cm³/mol. The van der Waals surface area contributed by atoms with Gasteiger partial charge in [-0.1, -0.05) is 69.3 Å². The van der Waals surface area contributed by atoms with Crippen LogP contribution in [0.3, 0.4) is 0 Å². The minimum absolute atomic E-state index is 0.0880. The molecule has 7 nitrogen and oxygen atoms in total. The van der Waals surface area contributed by atoms with Crippen LogP contribution in [0.15, 0.2) is 48.5 Å². The second-order valence-electron chi connectivity index (χ2n) is 9.93. The van der Waals surface area contributed by atoms with Crippen molar-refractivity contribution in [1.82, 2.24) is 10.2 Å². The molecule has 0 saturated carbocycles. The highest BCUT2D eigenvalue weighted by Gasteiger charge is 2.33. The van der Waals surface area contributed by atoms with Gasteiger partial charge in [-0.2, -0.15) is 11.8 Å². The molecule has 2 aromatic rings. The fourth-order valence-electron chi connectivity index (χ4n) is 4.45. The van der Waals surface area contributed by atoms with E-state index in [0.717, 1.165) is 22.3 Å². The Morgan fingerprint density at radius 2 is 1.63 bits per heavy atom. The maximum atomic E-state index is 13.3. The molecule has 1 unspecified atom stereocenters. The van der Waals surface area contributed by atoms with Crippen molar-refractivity contribution in [3.05, 3.63) is 59.7 Å². The van der Waals surface area contributed by atoms with Gasteiger partial charge in [0.25, 0.3) is 0 Å². The minimum Gasteiger partial charge on any atom is -0.480 e. The number of ether oxygens (including phenoxy) is 1. The van der Waals surface area contributed by atoms with Crippen LogP contribution in [0.1, 0.15) is 44.2 Å². The summed E-state index contributed by atoms with van der Waals surface area (Å²) in [6.45, 7) is 5.93. The van der Waals surface area contributed by atoms with E-state index in [1.54, 1.807) is 0 Å². The molecule has 0 fully saturated rings. The zero-order valence-corrected chi connectivity index (χ0v) is 21.6. The Morgan fingerprint density at radius 3 is 2.14 bits per heavy atom. The molecule has 1 aliphatic carbocycles. The smallest absolute Gasteiger partial charge is 0.407 e. The highest BCUT2D eigenvalue weighted by atomic mass is 32.2. The number of aliphatic carboxylic acids is 1. The molecule has 1 atom stereocenters. The molecule has 2 amide bonds. The number of rotatable bonds is 10. The largest absolute Gasteiger partial charge is 0.480 e. The summed E-state index contributed by atoms with van der Waals surface area (Å²) in [6.07, 6.45) is 1.56. The van der Waals surface area contributed by atoms with Crippen molar-refractivity contribution in [2.45, 2.75) is 39.2 Å². The molecule has 0 radical (unpaired) electrons. The zero-order valence-electron chi connectivity index (χ0n) is 20.7. The van der Waals surface area contributed by atoms with Gasteiger partial charge in [0.2, 0.25) is 5.91 Å². The summed E-state index contributed by atoms with van der Waals surface area (Å²) in [4.78, 5) is 38.8. The van der Waals surface area contributed by atoms with E-state index < -0.39 is 30.6 Å². The molecule has 35 heavy (non-hydrogen) atoms. The molecule has 0 spiro atoms. The predicted octanol–water partition coefficient (Wildman–Crippen LogP) is 4.61. The number of benzene rings is 2. The SMILES string of the molecule is CSCCN(CC(=O)O)C(=O)C(CC(C)(C)C)NC(=O)OCC1c2ccccc2-c2ccccc21. The van der Waals surface area contributed by atoms with Gasteiger partial charge in [-0.25, -0.2) is 4.79 Å². The molecule has 0 aromatic heterocycles. The molecule has 0 bridgehead atoms. The summed E-state index contributed by atoms with van der Waals surface area (Å²) >= 11 is 1.53. The third-order valence-corrected chi connectivity index (χ3v) is 6.54. The van der Waals surface area contributed by atoms with Crippen molar-refractivity contribution < 1.29 is 24.2 Å².